The highest BCUT2D eigenvalue weighted by molar-refractivity contribution is 9.10. The van der Waals surface area contributed by atoms with Gasteiger partial charge in [-0.2, -0.15) is 0 Å². The van der Waals surface area contributed by atoms with Gasteiger partial charge in [0.2, 0.25) is 0 Å². The zero-order chi connectivity index (χ0) is 16.4. The largest absolute Gasteiger partial charge is 0.319 e. The number of aromatic nitrogens is 2. The second kappa shape index (κ2) is 6.13. The summed E-state index contributed by atoms with van der Waals surface area (Å²) < 4.78 is 0.404. The van der Waals surface area contributed by atoms with Crippen LogP contribution in [0, 0.1) is 10.1 Å². The number of para-hydroxylation sites is 2. The summed E-state index contributed by atoms with van der Waals surface area (Å²) in [7, 11) is 0. The third-order valence-corrected chi connectivity index (χ3v) is 3.90. The summed E-state index contributed by atoms with van der Waals surface area (Å²) >= 11 is 3.13. The van der Waals surface area contributed by atoms with Gasteiger partial charge in [0.15, 0.2) is 0 Å². The van der Waals surface area contributed by atoms with E-state index in [0.29, 0.717) is 21.1 Å². The van der Waals surface area contributed by atoms with E-state index >= 15 is 0 Å². The van der Waals surface area contributed by atoms with E-state index in [1.54, 1.807) is 30.3 Å². The van der Waals surface area contributed by atoms with E-state index < -0.39 is 4.92 Å². The number of hydrogen-bond acceptors (Lipinski definition) is 4. The summed E-state index contributed by atoms with van der Waals surface area (Å²) in [4.78, 5) is 29.5. The first-order valence-electron chi connectivity index (χ1n) is 6.66. The molecule has 2 aromatic carbocycles. The van der Waals surface area contributed by atoms with Gasteiger partial charge in [-0.3, -0.25) is 14.9 Å². The van der Waals surface area contributed by atoms with E-state index in [4.69, 9.17) is 0 Å². The molecule has 0 saturated carbocycles. The summed E-state index contributed by atoms with van der Waals surface area (Å²) in [6.07, 6.45) is 3.16. The monoisotopic (exact) mass is 371 g/mol. The SMILES string of the molecule is O=c1[nH]c2ccccc2nc1/C=C/c1ccc(Br)c([N+](=O)[O-])c1. The molecule has 1 heterocycles. The topological polar surface area (TPSA) is 88.9 Å². The highest BCUT2D eigenvalue weighted by Gasteiger charge is 2.11. The Bertz CT molecular complexity index is 995. The molecule has 0 amide bonds. The lowest BCUT2D eigenvalue weighted by atomic mass is 10.2. The molecular formula is C16H10BrN3O3. The van der Waals surface area contributed by atoms with Crippen LogP contribution in [0.25, 0.3) is 23.2 Å². The molecule has 3 rings (SSSR count). The molecule has 0 bridgehead atoms. The summed E-state index contributed by atoms with van der Waals surface area (Å²) in [6, 6.07) is 12.0. The lowest BCUT2D eigenvalue weighted by Gasteiger charge is -1.99. The maximum atomic E-state index is 12.0. The van der Waals surface area contributed by atoms with E-state index in [1.807, 2.05) is 12.1 Å². The zero-order valence-corrected chi connectivity index (χ0v) is 13.3. The van der Waals surface area contributed by atoms with Crippen molar-refractivity contribution in [1.29, 1.82) is 0 Å². The molecular weight excluding hydrogens is 362 g/mol. The molecule has 0 saturated heterocycles. The Labute approximate surface area is 138 Å². The Balaban J connectivity index is 2.00. The normalized spacial score (nSPS) is 11.2. The van der Waals surface area contributed by atoms with Gasteiger partial charge in [0.25, 0.3) is 11.2 Å². The molecule has 0 aliphatic rings. The third-order valence-electron chi connectivity index (χ3n) is 3.23. The number of rotatable bonds is 3. The van der Waals surface area contributed by atoms with Crippen LogP contribution in [0.5, 0.6) is 0 Å². The van der Waals surface area contributed by atoms with Crippen LogP contribution < -0.4 is 5.56 Å². The minimum atomic E-state index is -0.470. The number of benzene rings is 2. The van der Waals surface area contributed by atoms with Crippen molar-refractivity contribution >= 4 is 44.8 Å². The Morgan fingerprint density at radius 2 is 1.96 bits per heavy atom. The molecule has 1 aromatic heterocycles. The average molecular weight is 372 g/mol. The second-order valence-corrected chi connectivity index (χ2v) is 5.62. The van der Waals surface area contributed by atoms with Gasteiger partial charge in [0.1, 0.15) is 5.69 Å². The van der Waals surface area contributed by atoms with Gasteiger partial charge in [-0.15, -0.1) is 0 Å². The first kappa shape index (κ1) is 15.1. The number of aromatic amines is 1. The van der Waals surface area contributed by atoms with E-state index in [-0.39, 0.29) is 16.9 Å². The van der Waals surface area contributed by atoms with Gasteiger partial charge in [-0.1, -0.05) is 24.3 Å². The predicted molar refractivity (Wildman–Crippen MR) is 92.1 cm³/mol. The average Bonchev–Trinajstić information content (AvgIpc) is 2.53. The Hall–Kier alpha value is -2.80. The van der Waals surface area contributed by atoms with Crippen LogP contribution in [-0.4, -0.2) is 14.9 Å². The number of H-pyrrole nitrogens is 1. The number of nitro benzene ring substituents is 1. The van der Waals surface area contributed by atoms with Crippen molar-refractivity contribution < 1.29 is 4.92 Å². The Kier molecular flexibility index (Phi) is 4.03. The van der Waals surface area contributed by atoms with Crippen molar-refractivity contribution in [2.75, 3.05) is 0 Å². The van der Waals surface area contributed by atoms with Crippen LogP contribution in [0.2, 0.25) is 0 Å². The van der Waals surface area contributed by atoms with Crippen molar-refractivity contribution in [3.8, 4) is 0 Å². The third kappa shape index (κ3) is 3.19. The molecule has 23 heavy (non-hydrogen) atoms. The van der Waals surface area contributed by atoms with Crippen molar-refractivity contribution in [3.05, 3.63) is 78.7 Å². The molecule has 3 aromatic rings. The first-order valence-corrected chi connectivity index (χ1v) is 7.45. The fourth-order valence-electron chi connectivity index (χ4n) is 2.11. The van der Waals surface area contributed by atoms with Crippen LogP contribution in [0.15, 0.2) is 51.7 Å². The van der Waals surface area contributed by atoms with Crippen molar-refractivity contribution in [2.45, 2.75) is 0 Å². The molecule has 0 fully saturated rings. The van der Waals surface area contributed by atoms with Crippen LogP contribution in [-0.2, 0) is 0 Å². The maximum absolute atomic E-state index is 12.0. The highest BCUT2D eigenvalue weighted by Crippen LogP contribution is 2.26. The minimum Gasteiger partial charge on any atom is -0.319 e. The predicted octanol–water partition coefficient (Wildman–Crippen LogP) is 3.76. The van der Waals surface area contributed by atoms with E-state index in [0.717, 1.165) is 0 Å². The van der Waals surface area contributed by atoms with Crippen LogP contribution in [0.3, 0.4) is 0 Å². The van der Waals surface area contributed by atoms with Crippen molar-refractivity contribution in [2.24, 2.45) is 0 Å². The first-order chi connectivity index (χ1) is 11.0. The van der Waals surface area contributed by atoms with Crippen molar-refractivity contribution in [1.82, 2.24) is 9.97 Å². The molecule has 1 N–H and O–H groups in total. The standard InChI is InChI=1S/C16H10BrN3O3/c17-11-7-5-10(9-15(11)20(22)23)6-8-14-16(21)19-13-4-2-1-3-12(13)18-14/h1-9H,(H,19,21)/b8-6+. The van der Waals surface area contributed by atoms with Gasteiger partial charge in [-0.25, -0.2) is 4.98 Å². The summed E-state index contributed by atoms with van der Waals surface area (Å²) in [6.45, 7) is 0. The van der Waals surface area contributed by atoms with Crippen LogP contribution in [0.4, 0.5) is 5.69 Å². The Morgan fingerprint density at radius 3 is 2.74 bits per heavy atom. The van der Waals surface area contributed by atoms with E-state index in [2.05, 4.69) is 25.9 Å². The lowest BCUT2D eigenvalue weighted by Crippen LogP contribution is -2.11. The zero-order valence-electron chi connectivity index (χ0n) is 11.7. The van der Waals surface area contributed by atoms with E-state index in [9.17, 15) is 14.9 Å². The smallest absolute Gasteiger partial charge is 0.284 e. The van der Waals surface area contributed by atoms with Crippen LogP contribution in [0.1, 0.15) is 11.3 Å². The maximum Gasteiger partial charge on any atom is 0.284 e. The number of halogens is 1. The molecule has 0 unspecified atom stereocenters. The molecule has 0 aliphatic carbocycles. The molecule has 7 heteroatoms. The van der Waals surface area contributed by atoms with Gasteiger partial charge < -0.3 is 4.98 Å². The molecule has 0 atom stereocenters. The van der Waals surface area contributed by atoms with Gasteiger partial charge in [-0.05, 0) is 45.8 Å². The van der Waals surface area contributed by atoms with Crippen LogP contribution >= 0.6 is 15.9 Å². The number of nitro groups is 1. The van der Waals surface area contributed by atoms with Gasteiger partial charge in [0.05, 0.1) is 20.4 Å². The lowest BCUT2D eigenvalue weighted by molar-refractivity contribution is -0.385. The molecule has 6 nitrogen and oxygen atoms in total. The van der Waals surface area contributed by atoms with Crippen molar-refractivity contribution in [3.63, 3.8) is 0 Å². The number of hydrogen-bond donors (Lipinski definition) is 1. The highest BCUT2D eigenvalue weighted by atomic mass is 79.9. The van der Waals surface area contributed by atoms with Gasteiger partial charge >= 0.3 is 0 Å². The number of nitrogens with one attached hydrogen (secondary N) is 1. The fourth-order valence-corrected chi connectivity index (χ4v) is 2.50. The summed E-state index contributed by atoms with van der Waals surface area (Å²) in [5.74, 6) is 0. The molecule has 114 valence electrons. The molecule has 0 aliphatic heterocycles. The fraction of sp³-hybridized carbons (Fsp3) is 0. The number of fused-ring (bicyclic) bond motifs is 1. The number of nitrogens with zero attached hydrogens (tertiary/aromatic N) is 2. The summed E-state index contributed by atoms with van der Waals surface area (Å²) in [5.41, 5.74) is 1.84. The summed E-state index contributed by atoms with van der Waals surface area (Å²) in [5, 5.41) is 10.9. The van der Waals surface area contributed by atoms with Gasteiger partial charge in [0, 0.05) is 6.07 Å². The quantitative estimate of drug-likeness (QED) is 0.560. The Morgan fingerprint density at radius 1 is 1.17 bits per heavy atom. The van der Waals surface area contributed by atoms with E-state index in [1.165, 1.54) is 12.1 Å². The minimum absolute atomic E-state index is 0.0347. The second-order valence-electron chi connectivity index (χ2n) is 4.77. The molecule has 0 radical (unpaired) electrons. The molecule has 0 spiro atoms.